The van der Waals surface area contributed by atoms with Gasteiger partial charge in [0.15, 0.2) is 17.3 Å². The highest BCUT2D eigenvalue weighted by Crippen LogP contribution is 2.46. The van der Waals surface area contributed by atoms with Crippen LogP contribution in [0.3, 0.4) is 0 Å². The number of benzene rings is 2. The second kappa shape index (κ2) is 6.32. The predicted molar refractivity (Wildman–Crippen MR) is 88.8 cm³/mol. The lowest BCUT2D eigenvalue weighted by molar-refractivity contribution is 0.0994. The average Bonchev–Trinajstić information content (AvgIpc) is 2.96. The number of ketones is 1. The Hall–Kier alpha value is -2.49. The zero-order valence-electron chi connectivity index (χ0n) is 13.6. The van der Waals surface area contributed by atoms with Crippen LogP contribution in [0.15, 0.2) is 30.3 Å². The van der Waals surface area contributed by atoms with Crippen LogP contribution in [0.1, 0.15) is 29.3 Å². The zero-order valence-corrected chi connectivity index (χ0v) is 13.6. The number of carbonyl (C=O) groups is 1. The van der Waals surface area contributed by atoms with Gasteiger partial charge in [-0.3, -0.25) is 4.79 Å². The van der Waals surface area contributed by atoms with Gasteiger partial charge >= 0.3 is 0 Å². The predicted octanol–water partition coefficient (Wildman–Crippen LogP) is 3.90. The number of carbonyl (C=O) groups excluding carboxylic acids is 1. The van der Waals surface area contributed by atoms with E-state index in [2.05, 4.69) is 0 Å². The van der Waals surface area contributed by atoms with Gasteiger partial charge in [0.2, 0.25) is 5.75 Å². The van der Waals surface area contributed by atoms with Gasteiger partial charge in [0.05, 0.1) is 20.8 Å². The first-order valence-electron chi connectivity index (χ1n) is 7.74. The van der Waals surface area contributed by atoms with Crippen LogP contribution in [-0.4, -0.2) is 26.6 Å². The molecule has 0 radical (unpaired) electrons. The van der Waals surface area contributed by atoms with Crippen molar-refractivity contribution in [3.8, 4) is 28.4 Å². The summed E-state index contributed by atoms with van der Waals surface area (Å²) in [6.07, 6.45) is 1.34. The molecule has 0 unspecified atom stereocenters. The molecule has 1 aliphatic carbocycles. The van der Waals surface area contributed by atoms with Gasteiger partial charge in [0, 0.05) is 17.5 Å². The molecule has 0 atom stereocenters. The van der Waals surface area contributed by atoms with Crippen molar-refractivity contribution in [1.29, 1.82) is 0 Å². The molecular formula is C19H20O4. The number of methoxy groups -OCH3 is 2. The maximum absolute atomic E-state index is 12.0. The molecule has 1 aliphatic rings. The highest BCUT2D eigenvalue weighted by Gasteiger charge is 2.25. The summed E-state index contributed by atoms with van der Waals surface area (Å²) in [4.78, 5) is 12.0. The Morgan fingerprint density at radius 3 is 2.39 bits per heavy atom. The quantitative estimate of drug-likeness (QED) is 0.840. The molecule has 0 heterocycles. The SMILES string of the molecule is CCOc1c(OC)ccc(-c2cccc3c2CCC3=O)c1OC. The van der Waals surface area contributed by atoms with Crippen LogP contribution in [0, 0.1) is 0 Å². The van der Waals surface area contributed by atoms with E-state index in [0.29, 0.717) is 30.3 Å². The van der Waals surface area contributed by atoms with E-state index >= 15 is 0 Å². The average molecular weight is 312 g/mol. The van der Waals surface area contributed by atoms with E-state index in [1.807, 2.05) is 37.3 Å². The summed E-state index contributed by atoms with van der Waals surface area (Å²) in [6, 6.07) is 9.67. The van der Waals surface area contributed by atoms with Crippen LogP contribution in [0.4, 0.5) is 0 Å². The molecule has 3 rings (SSSR count). The van der Waals surface area contributed by atoms with Gasteiger partial charge in [-0.05, 0) is 36.6 Å². The van der Waals surface area contributed by atoms with Gasteiger partial charge in [-0.15, -0.1) is 0 Å². The van der Waals surface area contributed by atoms with Crippen molar-refractivity contribution in [3.05, 3.63) is 41.5 Å². The maximum Gasteiger partial charge on any atom is 0.204 e. The lowest BCUT2D eigenvalue weighted by Crippen LogP contribution is -2.01. The number of ether oxygens (including phenoxy) is 3. The fourth-order valence-electron chi connectivity index (χ4n) is 3.14. The van der Waals surface area contributed by atoms with Crippen molar-refractivity contribution >= 4 is 5.78 Å². The minimum Gasteiger partial charge on any atom is -0.493 e. The Morgan fingerprint density at radius 1 is 0.913 bits per heavy atom. The fourth-order valence-corrected chi connectivity index (χ4v) is 3.14. The van der Waals surface area contributed by atoms with Gasteiger partial charge in [-0.1, -0.05) is 18.2 Å². The summed E-state index contributed by atoms with van der Waals surface area (Å²) >= 11 is 0. The lowest BCUT2D eigenvalue weighted by atomic mass is 9.95. The fraction of sp³-hybridized carbons (Fsp3) is 0.316. The molecule has 0 saturated carbocycles. The highest BCUT2D eigenvalue weighted by atomic mass is 16.5. The Balaban J connectivity index is 2.22. The summed E-state index contributed by atoms with van der Waals surface area (Å²) in [5.74, 6) is 2.08. The number of hydrogen-bond donors (Lipinski definition) is 0. The van der Waals surface area contributed by atoms with Crippen molar-refractivity contribution in [2.45, 2.75) is 19.8 Å². The first-order chi connectivity index (χ1) is 11.2. The van der Waals surface area contributed by atoms with Crippen LogP contribution in [0.2, 0.25) is 0 Å². The van der Waals surface area contributed by atoms with Crippen LogP contribution < -0.4 is 14.2 Å². The minimum atomic E-state index is 0.208. The van der Waals surface area contributed by atoms with E-state index in [0.717, 1.165) is 28.7 Å². The number of hydrogen-bond acceptors (Lipinski definition) is 4. The third-order valence-corrected chi connectivity index (χ3v) is 4.16. The van der Waals surface area contributed by atoms with Crippen LogP contribution in [0.5, 0.6) is 17.2 Å². The normalized spacial score (nSPS) is 12.9. The number of fused-ring (bicyclic) bond motifs is 1. The Morgan fingerprint density at radius 2 is 1.70 bits per heavy atom. The summed E-state index contributed by atoms with van der Waals surface area (Å²) in [5.41, 5.74) is 3.85. The molecule has 0 aliphatic heterocycles. The number of Topliss-reactive ketones (excluding diaryl/α,β-unsaturated/α-hetero) is 1. The van der Waals surface area contributed by atoms with E-state index in [1.165, 1.54) is 0 Å². The lowest BCUT2D eigenvalue weighted by Gasteiger charge is -2.18. The second-order valence-corrected chi connectivity index (χ2v) is 5.37. The summed E-state index contributed by atoms with van der Waals surface area (Å²) < 4.78 is 16.7. The largest absolute Gasteiger partial charge is 0.493 e. The van der Waals surface area contributed by atoms with E-state index < -0.39 is 0 Å². The molecule has 0 fully saturated rings. The Bertz CT molecular complexity index is 749. The second-order valence-electron chi connectivity index (χ2n) is 5.37. The van der Waals surface area contributed by atoms with Crippen molar-refractivity contribution < 1.29 is 19.0 Å². The Labute approximate surface area is 136 Å². The Kier molecular flexibility index (Phi) is 4.24. The molecule has 4 nitrogen and oxygen atoms in total. The third-order valence-electron chi connectivity index (χ3n) is 4.16. The molecule has 2 aromatic carbocycles. The molecule has 0 saturated heterocycles. The summed E-state index contributed by atoms with van der Waals surface area (Å²) in [5, 5.41) is 0. The van der Waals surface area contributed by atoms with Crippen LogP contribution in [-0.2, 0) is 6.42 Å². The van der Waals surface area contributed by atoms with E-state index in [9.17, 15) is 4.79 Å². The summed E-state index contributed by atoms with van der Waals surface area (Å²) in [7, 11) is 3.23. The highest BCUT2D eigenvalue weighted by molar-refractivity contribution is 6.02. The molecule has 0 aromatic heterocycles. The number of rotatable bonds is 5. The molecule has 0 bridgehead atoms. The topological polar surface area (TPSA) is 44.8 Å². The van der Waals surface area contributed by atoms with Crippen LogP contribution in [0.25, 0.3) is 11.1 Å². The van der Waals surface area contributed by atoms with Gasteiger partial charge in [-0.2, -0.15) is 0 Å². The first-order valence-corrected chi connectivity index (χ1v) is 7.74. The van der Waals surface area contributed by atoms with Gasteiger partial charge in [-0.25, -0.2) is 0 Å². The van der Waals surface area contributed by atoms with Crippen LogP contribution >= 0.6 is 0 Å². The van der Waals surface area contributed by atoms with Crippen molar-refractivity contribution in [1.82, 2.24) is 0 Å². The van der Waals surface area contributed by atoms with E-state index in [4.69, 9.17) is 14.2 Å². The first kappa shape index (κ1) is 15.4. The van der Waals surface area contributed by atoms with Crippen molar-refractivity contribution in [3.63, 3.8) is 0 Å². The molecule has 23 heavy (non-hydrogen) atoms. The molecule has 0 N–H and O–H groups in total. The smallest absolute Gasteiger partial charge is 0.204 e. The summed E-state index contributed by atoms with van der Waals surface area (Å²) in [6.45, 7) is 2.44. The van der Waals surface area contributed by atoms with E-state index in [-0.39, 0.29) is 5.78 Å². The maximum atomic E-state index is 12.0. The standard InChI is InChI=1S/C19H20O4/c1-4-23-19-17(21-2)11-9-15(18(19)22-3)12-6-5-7-14-13(12)8-10-16(14)20/h5-7,9,11H,4,8,10H2,1-3H3. The van der Waals surface area contributed by atoms with Crippen molar-refractivity contribution in [2.24, 2.45) is 0 Å². The molecule has 0 spiro atoms. The molecule has 2 aromatic rings. The van der Waals surface area contributed by atoms with Gasteiger partial charge in [0.25, 0.3) is 0 Å². The van der Waals surface area contributed by atoms with E-state index in [1.54, 1.807) is 14.2 Å². The zero-order chi connectivity index (χ0) is 16.4. The third kappa shape index (κ3) is 2.54. The minimum absolute atomic E-state index is 0.208. The monoisotopic (exact) mass is 312 g/mol. The van der Waals surface area contributed by atoms with Crippen molar-refractivity contribution in [2.75, 3.05) is 20.8 Å². The molecular weight excluding hydrogens is 292 g/mol. The molecule has 0 amide bonds. The van der Waals surface area contributed by atoms with Gasteiger partial charge in [0.1, 0.15) is 0 Å². The van der Waals surface area contributed by atoms with Gasteiger partial charge < -0.3 is 14.2 Å². The molecule has 120 valence electrons. The molecule has 4 heteroatoms.